The third kappa shape index (κ3) is 9.47. The number of hydrogen-bond acceptors (Lipinski definition) is 5. The fourth-order valence-electron chi connectivity index (χ4n) is 1.14. The summed E-state index contributed by atoms with van der Waals surface area (Å²) < 4.78 is 10.3. The Hall–Kier alpha value is -1.10. The first kappa shape index (κ1) is 23.0. The number of carbonyl (C=O) groups excluding carboxylic acids is 2. The summed E-state index contributed by atoms with van der Waals surface area (Å²) in [4.78, 5) is 16.2. The van der Waals surface area contributed by atoms with E-state index >= 15 is 0 Å². The second kappa shape index (κ2) is 15.0. The minimum absolute atomic E-state index is 0. The number of ether oxygens (including phenoxy) is 2. The van der Waals surface area contributed by atoms with Gasteiger partial charge in [0.15, 0.2) is 0 Å². The van der Waals surface area contributed by atoms with E-state index in [0.717, 1.165) is 23.5 Å². The molecule has 0 heterocycles. The van der Waals surface area contributed by atoms with E-state index in [1.54, 1.807) is 14.2 Å². The average Bonchev–Trinajstić information content (AvgIpc) is 2.36. The largest absolute Gasteiger partial charge is 1.00 e. The summed E-state index contributed by atoms with van der Waals surface area (Å²) in [5, 5.41) is 0. The molecule has 0 saturated heterocycles. The zero-order valence-corrected chi connectivity index (χ0v) is 13.6. The molecule has 0 aliphatic rings. The number of benzene rings is 1. The van der Waals surface area contributed by atoms with Gasteiger partial charge in [-0.2, -0.15) is 15.7 Å². The minimum Gasteiger partial charge on any atom is -0.870 e. The van der Waals surface area contributed by atoms with Crippen LogP contribution in [0, 0.1) is 6.08 Å². The van der Waals surface area contributed by atoms with Gasteiger partial charge in [-0.25, -0.2) is 0 Å². The Balaban J connectivity index is -0.000000468. The molecule has 0 atom stereocenters. The number of rotatable bonds is 4. The van der Waals surface area contributed by atoms with Crippen LogP contribution in [-0.4, -0.2) is 25.8 Å². The third-order valence-corrected chi connectivity index (χ3v) is 1.87. The minimum atomic E-state index is 0. The predicted molar refractivity (Wildman–Crippen MR) is 63.7 cm³/mol. The van der Waals surface area contributed by atoms with E-state index in [1.165, 1.54) is 0 Å². The van der Waals surface area contributed by atoms with Gasteiger partial charge in [-0.05, 0) is 12.5 Å². The smallest absolute Gasteiger partial charge is 0.870 e. The molecule has 0 unspecified atom stereocenters. The Morgan fingerprint density at radius 2 is 1.84 bits per heavy atom. The van der Waals surface area contributed by atoms with E-state index in [1.807, 2.05) is 24.3 Å². The van der Waals surface area contributed by atoms with Crippen LogP contribution >= 0.6 is 0 Å². The second-order valence-corrected chi connectivity index (χ2v) is 2.91. The van der Waals surface area contributed by atoms with Crippen molar-refractivity contribution >= 4 is 6.15 Å². The summed E-state index contributed by atoms with van der Waals surface area (Å²) in [7, 11) is 3.30. The topological polar surface area (TPSA) is 82.6 Å². The van der Waals surface area contributed by atoms with E-state index in [-0.39, 0.29) is 41.2 Å². The second-order valence-electron chi connectivity index (χ2n) is 2.91. The van der Waals surface area contributed by atoms with Crippen molar-refractivity contribution in [3.63, 3.8) is 0 Å². The van der Waals surface area contributed by atoms with Crippen LogP contribution in [0.4, 0.5) is 0 Å². The van der Waals surface area contributed by atoms with Gasteiger partial charge in [0.05, 0.1) is 20.0 Å². The molecule has 100 valence electrons. The quantitative estimate of drug-likeness (QED) is 0.523. The van der Waals surface area contributed by atoms with Crippen molar-refractivity contribution in [2.24, 2.45) is 0 Å². The molecule has 0 bridgehead atoms. The average molecular weight is 275 g/mol. The molecular formula is C13H16NaO5-. The van der Waals surface area contributed by atoms with Gasteiger partial charge in [0.2, 0.25) is 0 Å². The normalized spacial score (nSPS) is 8.16. The maximum Gasteiger partial charge on any atom is 1.00 e. The summed E-state index contributed by atoms with van der Waals surface area (Å²) in [5.41, 5.74) is 0.925. The van der Waals surface area contributed by atoms with Crippen LogP contribution < -0.4 is 39.0 Å². The molecule has 1 N–H and O–H groups in total. The number of methoxy groups -OCH3 is 2. The van der Waals surface area contributed by atoms with Crippen LogP contribution in [-0.2, 0) is 9.59 Å². The summed E-state index contributed by atoms with van der Waals surface area (Å²) in [6.45, 7) is 2.07. The SMILES string of the molecule is CCC=[C-]c1cc(OC)ccc1OC.O=C=O.[Na+].[OH-]. The van der Waals surface area contributed by atoms with Gasteiger partial charge in [0, 0.05) is 5.75 Å². The van der Waals surface area contributed by atoms with Crippen LogP contribution in [0.5, 0.6) is 11.5 Å². The van der Waals surface area contributed by atoms with Crippen LogP contribution in [0.15, 0.2) is 24.3 Å². The molecule has 19 heavy (non-hydrogen) atoms. The summed E-state index contributed by atoms with van der Waals surface area (Å²) >= 11 is 0. The molecule has 0 fully saturated rings. The molecule has 1 rings (SSSR count). The van der Waals surface area contributed by atoms with E-state index in [9.17, 15) is 0 Å². The van der Waals surface area contributed by atoms with Crippen molar-refractivity contribution < 1.29 is 54.1 Å². The molecule has 1 aromatic carbocycles. The Morgan fingerprint density at radius 3 is 2.26 bits per heavy atom. The molecule has 0 saturated carbocycles. The van der Waals surface area contributed by atoms with Crippen molar-refractivity contribution in [1.29, 1.82) is 0 Å². The number of hydrogen-bond donors (Lipinski definition) is 0. The van der Waals surface area contributed by atoms with Gasteiger partial charge in [0.1, 0.15) is 0 Å². The Morgan fingerprint density at radius 1 is 1.26 bits per heavy atom. The van der Waals surface area contributed by atoms with Crippen LogP contribution in [0.25, 0.3) is 0 Å². The Labute approximate surface area is 135 Å². The van der Waals surface area contributed by atoms with Crippen molar-refractivity contribution in [3.8, 4) is 11.5 Å². The molecule has 0 aromatic heterocycles. The molecular weight excluding hydrogens is 259 g/mol. The fraction of sp³-hybridized carbons (Fsp3) is 0.308. The third-order valence-electron chi connectivity index (χ3n) is 1.87. The zero-order chi connectivity index (χ0) is 13.1. The molecule has 0 aliphatic carbocycles. The van der Waals surface area contributed by atoms with Crippen molar-refractivity contribution in [2.45, 2.75) is 13.3 Å². The molecule has 0 amide bonds. The number of allylic oxidation sites excluding steroid dienone is 1. The van der Waals surface area contributed by atoms with Crippen molar-refractivity contribution in [2.75, 3.05) is 14.2 Å². The van der Waals surface area contributed by atoms with Gasteiger partial charge in [-0.1, -0.05) is 13.0 Å². The van der Waals surface area contributed by atoms with Gasteiger partial charge in [-0.3, -0.25) is 0 Å². The van der Waals surface area contributed by atoms with E-state index in [4.69, 9.17) is 19.1 Å². The van der Waals surface area contributed by atoms with E-state index < -0.39 is 0 Å². The summed E-state index contributed by atoms with van der Waals surface area (Å²) in [5.74, 6) is 1.63. The standard InChI is InChI=1S/C12H15O2.CO2.Na.H2O/c1-4-5-6-10-9-11(13-2)7-8-12(10)14-3;2-1-3;;/h5,7-9H,4H2,1-3H3;;;1H2/q-1;;+1;/p-1. The zero-order valence-electron chi connectivity index (χ0n) is 11.6. The fourth-order valence-corrected chi connectivity index (χ4v) is 1.14. The Kier molecular flexibility index (Phi) is 18.1. The van der Waals surface area contributed by atoms with Gasteiger partial charge in [0.25, 0.3) is 0 Å². The van der Waals surface area contributed by atoms with Crippen LogP contribution in [0.1, 0.15) is 18.9 Å². The maximum atomic E-state index is 8.12. The predicted octanol–water partition coefficient (Wildman–Crippen LogP) is -0.935. The monoisotopic (exact) mass is 275 g/mol. The van der Waals surface area contributed by atoms with Crippen LogP contribution in [0.2, 0.25) is 0 Å². The molecule has 5 nitrogen and oxygen atoms in total. The van der Waals surface area contributed by atoms with Crippen molar-refractivity contribution in [1.82, 2.24) is 0 Å². The maximum absolute atomic E-state index is 8.12. The first-order valence-corrected chi connectivity index (χ1v) is 5.03. The van der Waals surface area contributed by atoms with Gasteiger partial charge >= 0.3 is 35.7 Å². The molecule has 0 radical (unpaired) electrons. The van der Waals surface area contributed by atoms with E-state index in [0.29, 0.717) is 0 Å². The molecule has 1 aromatic rings. The molecule has 0 spiro atoms. The van der Waals surface area contributed by atoms with Crippen LogP contribution in [0.3, 0.4) is 0 Å². The summed E-state index contributed by atoms with van der Waals surface area (Å²) in [6.07, 6.45) is 6.34. The van der Waals surface area contributed by atoms with Gasteiger partial charge < -0.3 is 14.9 Å². The van der Waals surface area contributed by atoms with Gasteiger partial charge in [-0.15, -0.1) is 17.7 Å². The first-order valence-electron chi connectivity index (χ1n) is 5.03. The molecule has 0 aliphatic heterocycles. The Bertz CT molecular complexity index is 398. The van der Waals surface area contributed by atoms with Crippen molar-refractivity contribution in [3.05, 3.63) is 35.9 Å². The first-order chi connectivity index (χ1) is 8.23. The van der Waals surface area contributed by atoms with E-state index in [2.05, 4.69) is 13.0 Å². The summed E-state index contributed by atoms with van der Waals surface area (Å²) in [6, 6.07) is 5.66. The molecule has 6 heteroatoms.